The minimum atomic E-state index is 0.525. The van der Waals surface area contributed by atoms with Gasteiger partial charge < -0.3 is 5.73 Å². The number of rotatable bonds is 1. The second-order valence-corrected chi connectivity index (χ2v) is 5.28. The highest BCUT2D eigenvalue weighted by molar-refractivity contribution is 14.1. The number of anilines is 1. The largest absolute Gasteiger partial charge is 0.383 e. The van der Waals surface area contributed by atoms with E-state index in [4.69, 9.17) is 28.9 Å². The highest BCUT2D eigenvalue weighted by Gasteiger charge is 2.04. The molecule has 0 aliphatic rings. The zero-order valence-corrected chi connectivity index (χ0v) is 11.7. The molecule has 0 aliphatic carbocycles. The monoisotopic (exact) mass is 364 g/mol. The first-order chi connectivity index (χ1) is 7.56. The van der Waals surface area contributed by atoms with Crippen LogP contribution in [0.1, 0.15) is 0 Å². The average Bonchev–Trinajstić information content (AvgIpc) is 2.20. The van der Waals surface area contributed by atoms with Crippen LogP contribution in [-0.2, 0) is 0 Å². The number of pyridine rings is 1. The van der Waals surface area contributed by atoms with E-state index in [9.17, 15) is 0 Å². The second-order valence-electron chi connectivity index (χ2n) is 3.25. The van der Waals surface area contributed by atoms with E-state index in [1.165, 1.54) is 0 Å². The van der Waals surface area contributed by atoms with Gasteiger partial charge in [0.1, 0.15) is 5.82 Å². The van der Waals surface area contributed by atoms with Crippen LogP contribution in [0, 0.1) is 3.57 Å². The van der Waals surface area contributed by atoms with Gasteiger partial charge in [-0.25, -0.2) is 4.98 Å². The Morgan fingerprint density at radius 1 is 1.00 bits per heavy atom. The minimum absolute atomic E-state index is 0.525. The summed E-state index contributed by atoms with van der Waals surface area (Å²) in [6.45, 7) is 0. The summed E-state index contributed by atoms with van der Waals surface area (Å²) in [6.07, 6.45) is 1.71. The maximum absolute atomic E-state index is 5.94. The van der Waals surface area contributed by atoms with E-state index in [1.54, 1.807) is 12.3 Å². The molecule has 1 aromatic heterocycles. The smallest absolute Gasteiger partial charge is 0.136 e. The second kappa shape index (κ2) is 4.77. The molecule has 2 aromatic rings. The molecule has 1 heterocycles. The van der Waals surface area contributed by atoms with Gasteiger partial charge in [0.15, 0.2) is 0 Å². The van der Waals surface area contributed by atoms with Crippen molar-refractivity contribution in [2.75, 3.05) is 5.73 Å². The highest BCUT2D eigenvalue weighted by atomic mass is 127. The van der Waals surface area contributed by atoms with E-state index in [2.05, 4.69) is 27.6 Å². The molecule has 16 heavy (non-hydrogen) atoms. The van der Waals surface area contributed by atoms with Crippen LogP contribution in [0.4, 0.5) is 5.82 Å². The minimum Gasteiger partial charge on any atom is -0.383 e. The maximum atomic E-state index is 5.94. The molecular formula is C11H7Cl2IN2. The molecule has 1 aromatic carbocycles. The van der Waals surface area contributed by atoms with E-state index in [1.807, 2.05) is 18.2 Å². The molecule has 2 rings (SSSR count). The van der Waals surface area contributed by atoms with Gasteiger partial charge >= 0.3 is 0 Å². The Hall–Kier alpha value is -0.520. The first kappa shape index (κ1) is 12.0. The number of benzene rings is 1. The molecule has 0 spiro atoms. The Morgan fingerprint density at radius 3 is 2.19 bits per heavy atom. The molecule has 2 nitrogen and oxygen atoms in total. The molecule has 0 aliphatic heterocycles. The van der Waals surface area contributed by atoms with Gasteiger partial charge in [0.05, 0.1) is 3.57 Å². The van der Waals surface area contributed by atoms with E-state index >= 15 is 0 Å². The number of halogens is 3. The van der Waals surface area contributed by atoms with Crippen LogP contribution >= 0.6 is 45.8 Å². The fourth-order valence-corrected chi connectivity index (χ4v) is 2.33. The Balaban J connectivity index is 2.54. The topological polar surface area (TPSA) is 38.9 Å². The van der Waals surface area contributed by atoms with Gasteiger partial charge in [-0.1, -0.05) is 23.2 Å². The third-order valence-corrected chi connectivity index (χ3v) is 3.37. The summed E-state index contributed by atoms with van der Waals surface area (Å²) in [5.41, 5.74) is 7.54. The summed E-state index contributed by atoms with van der Waals surface area (Å²) in [7, 11) is 0. The summed E-state index contributed by atoms with van der Waals surface area (Å²) >= 11 is 14.0. The Bertz CT molecular complexity index is 523. The molecular weight excluding hydrogens is 358 g/mol. The zero-order valence-electron chi connectivity index (χ0n) is 8.05. The maximum Gasteiger partial charge on any atom is 0.136 e. The Kier molecular flexibility index (Phi) is 3.56. The quantitative estimate of drug-likeness (QED) is 0.768. The van der Waals surface area contributed by atoms with Crippen molar-refractivity contribution in [1.29, 1.82) is 0 Å². The van der Waals surface area contributed by atoms with Crippen molar-refractivity contribution in [3.05, 3.63) is 44.1 Å². The summed E-state index contributed by atoms with van der Waals surface area (Å²) in [6, 6.07) is 7.33. The van der Waals surface area contributed by atoms with Gasteiger partial charge in [0.2, 0.25) is 0 Å². The highest BCUT2D eigenvalue weighted by Crippen LogP contribution is 2.28. The van der Waals surface area contributed by atoms with Crippen LogP contribution in [0.5, 0.6) is 0 Å². The fraction of sp³-hybridized carbons (Fsp3) is 0. The van der Waals surface area contributed by atoms with E-state index in [0.717, 1.165) is 14.7 Å². The standard InChI is InChI=1S/C11H7Cl2IN2/c12-8-1-6(2-9(13)4-8)7-3-10(14)11(15)16-5-7/h1-5H,(H2,15,16). The van der Waals surface area contributed by atoms with Gasteiger partial charge in [-0.2, -0.15) is 0 Å². The van der Waals surface area contributed by atoms with Crippen molar-refractivity contribution in [3.63, 3.8) is 0 Å². The van der Waals surface area contributed by atoms with Gasteiger partial charge in [-0.3, -0.25) is 0 Å². The number of nitrogens with two attached hydrogens (primary N) is 1. The number of nitrogens with zero attached hydrogens (tertiary/aromatic N) is 1. The van der Waals surface area contributed by atoms with Gasteiger partial charge in [-0.15, -0.1) is 0 Å². The number of aromatic nitrogens is 1. The van der Waals surface area contributed by atoms with Crippen LogP contribution < -0.4 is 5.73 Å². The summed E-state index contributed by atoms with van der Waals surface area (Å²) in [5.74, 6) is 0.525. The third kappa shape index (κ3) is 2.59. The van der Waals surface area contributed by atoms with Crippen LogP contribution in [0.15, 0.2) is 30.5 Å². The zero-order chi connectivity index (χ0) is 11.7. The number of nitrogen functional groups attached to an aromatic ring is 1. The van der Waals surface area contributed by atoms with E-state index in [0.29, 0.717) is 15.9 Å². The van der Waals surface area contributed by atoms with Crippen molar-refractivity contribution < 1.29 is 0 Å². The van der Waals surface area contributed by atoms with Crippen LogP contribution in [0.3, 0.4) is 0 Å². The van der Waals surface area contributed by atoms with Crippen molar-refractivity contribution in [2.24, 2.45) is 0 Å². The molecule has 0 amide bonds. The molecule has 82 valence electrons. The van der Waals surface area contributed by atoms with E-state index < -0.39 is 0 Å². The van der Waals surface area contributed by atoms with Crippen molar-refractivity contribution in [2.45, 2.75) is 0 Å². The average molecular weight is 365 g/mol. The molecule has 0 fully saturated rings. The molecule has 0 saturated heterocycles. The predicted octanol–water partition coefficient (Wildman–Crippen LogP) is 4.24. The lowest BCUT2D eigenvalue weighted by Gasteiger charge is -2.05. The van der Waals surface area contributed by atoms with Gasteiger partial charge in [0.25, 0.3) is 0 Å². The molecule has 0 radical (unpaired) electrons. The Labute approximate surface area is 117 Å². The summed E-state index contributed by atoms with van der Waals surface area (Å²) in [5, 5.41) is 1.21. The lowest BCUT2D eigenvalue weighted by Crippen LogP contribution is -1.93. The molecule has 2 N–H and O–H groups in total. The molecule has 5 heteroatoms. The normalized spacial score (nSPS) is 10.4. The third-order valence-electron chi connectivity index (χ3n) is 2.07. The first-order valence-corrected chi connectivity index (χ1v) is 6.27. The SMILES string of the molecule is Nc1ncc(-c2cc(Cl)cc(Cl)c2)cc1I. The van der Waals surface area contributed by atoms with Crippen molar-refractivity contribution in [3.8, 4) is 11.1 Å². The first-order valence-electron chi connectivity index (χ1n) is 4.44. The van der Waals surface area contributed by atoms with Crippen molar-refractivity contribution in [1.82, 2.24) is 4.98 Å². The van der Waals surface area contributed by atoms with E-state index in [-0.39, 0.29) is 0 Å². The van der Waals surface area contributed by atoms with Crippen LogP contribution in [-0.4, -0.2) is 4.98 Å². The summed E-state index contributed by atoms with van der Waals surface area (Å²) < 4.78 is 0.909. The number of hydrogen-bond acceptors (Lipinski definition) is 2. The van der Waals surface area contributed by atoms with Gasteiger partial charge in [-0.05, 0) is 52.4 Å². The summed E-state index contributed by atoms with van der Waals surface area (Å²) in [4.78, 5) is 4.10. The molecule has 0 saturated carbocycles. The fourth-order valence-electron chi connectivity index (χ4n) is 1.33. The van der Waals surface area contributed by atoms with Crippen molar-refractivity contribution >= 4 is 51.6 Å². The lowest BCUT2D eigenvalue weighted by molar-refractivity contribution is 1.32. The van der Waals surface area contributed by atoms with Gasteiger partial charge in [0, 0.05) is 21.8 Å². The molecule has 0 bridgehead atoms. The number of hydrogen-bond donors (Lipinski definition) is 1. The lowest BCUT2D eigenvalue weighted by atomic mass is 10.1. The Morgan fingerprint density at radius 2 is 1.62 bits per heavy atom. The van der Waals surface area contributed by atoms with Crippen LogP contribution in [0.25, 0.3) is 11.1 Å². The molecule has 0 unspecified atom stereocenters. The molecule has 0 atom stereocenters. The van der Waals surface area contributed by atoms with Crippen LogP contribution in [0.2, 0.25) is 10.0 Å². The predicted molar refractivity (Wildman–Crippen MR) is 76.8 cm³/mol.